The Balaban J connectivity index is 1.28. The van der Waals surface area contributed by atoms with Gasteiger partial charge in [-0.15, -0.1) is 18.3 Å². The maximum atomic E-state index is 12.7. The van der Waals surface area contributed by atoms with Gasteiger partial charge in [-0.2, -0.15) is 10.2 Å². The molecule has 0 spiro atoms. The second-order valence-corrected chi connectivity index (χ2v) is 11.0. The third kappa shape index (κ3) is 7.17. The number of anilines is 1. The predicted octanol–water partition coefficient (Wildman–Crippen LogP) is 6.62. The number of aryl methyl sites for hydroxylation is 1. The summed E-state index contributed by atoms with van der Waals surface area (Å²) in [6.45, 7) is 4.17. The molecule has 0 aliphatic carbocycles. The van der Waals surface area contributed by atoms with Crippen molar-refractivity contribution < 1.29 is 22.7 Å². The van der Waals surface area contributed by atoms with E-state index >= 15 is 0 Å². The maximum absolute atomic E-state index is 12.7. The van der Waals surface area contributed by atoms with Crippen molar-refractivity contribution in [2.75, 3.05) is 10.7 Å². The number of ether oxygens (including phenoxy) is 1. The fourth-order valence-electron chi connectivity index (χ4n) is 4.46. The number of carbonyl (C=O) groups excluding carboxylic acids is 1. The van der Waals surface area contributed by atoms with E-state index in [2.05, 4.69) is 38.9 Å². The predicted molar refractivity (Wildman–Crippen MR) is 168 cm³/mol. The van der Waals surface area contributed by atoms with Crippen LogP contribution >= 0.6 is 11.8 Å². The van der Waals surface area contributed by atoms with Gasteiger partial charge in [0, 0.05) is 24.2 Å². The summed E-state index contributed by atoms with van der Waals surface area (Å²) in [5, 5.41) is 13.6. The fourth-order valence-corrected chi connectivity index (χ4v) is 5.27. The number of benzene rings is 3. The van der Waals surface area contributed by atoms with Gasteiger partial charge in [-0.05, 0) is 47.4 Å². The van der Waals surface area contributed by atoms with E-state index in [4.69, 9.17) is 5.73 Å². The number of hydrogen-bond donors (Lipinski definition) is 1. The molecule has 2 N–H and O–H groups in total. The van der Waals surface area contributed by atoms with Gasteiger partial charge in [0.05, 0.1) is 23.3 Å². The van der Waals surface area contributed by atoms with Crippen molar-refractivity contribution >= 4 is 46.4 Å². The number of para-hydroxylation sites is 1. The molecule has 0 unspecified atom stereocenters. The van der Waals surface area contributed by atoms with Crippen molar-refractivity contribution in [2.24, 2.45) is 28.0 Å². The molecule has 0 bridgehead atoms. The summed E-state index contributed by atoms with van der Waals surface area (Å²) in [6.07, 6.45) is -3.16. The highest BCUT2D eigenvalue weighted by Crippen LogP contribution is 2.33. The minimum absolute atomic E-state index is 0.0318. The number of halogens is 3. The van der Waals surface area contributed by atoms with Crippen molar-refractivity contribution in [1.29, 1.82) is 0 Å². The highest BCUT2D eigenvalue weighted by molar-refractivity contribution is 8.15. The minimum Gasteiger partial charge on any atom is -0.406 e. The lowest BCUT2D eigenvalue weighted by molar-refractivity contribution is -0.274. The number of amidine groups is 2. The molecule has 1 aliphatic rings. The molecular formula is C31H28F3N7O2S. The Labute approximate surface area is 256 Å². The molecule has 1 aliphatic heterocycles. The quantitative estimate of drug-likeness (QED) is 0.136. The Hall–Kier alpha value is -4.91. The van der Waals surface area contributed by atoms with Gasteiger partial charge in [0.1, 0.15) is 11.6 Å². The van der Waals surface area contributed by atoms with Gasteiger partial charge in [0.25, 0.3) is 0 Å². The molecule has 5 rings (SSSR count). The second kappa shape index (κ2) is 12.8. The molecule has 0 saturated carbocycles. The van der Waals surface area contributed by atoms with Gasteiger partial charge in [-0.25, -0.2) is 4.99 Å². The number of carbonyl (C=O) groups is 1. The Kier molecular flexibility index (Phi) is 8.86. The summed E-state index contributed by atoms with van der Waals surface area (Å²) in [6, 6.07) is 22.2. The zero-order chi connectivity index (χ0) is 31.4. The van der Waals surface area contributed by atoms with Crippen molar-refractivity contribution in [3.8, 4) is 17.0 Å². The molecule has 44 heavy (non-hydrogen) atoms. The molecule has 13 heteroatoms. The van der Waals surface area contributed by atoms with Crippen LogP contribution in [-0.4, -0.2) is 45.0 Å². The lowest BCUT2D eigenvalue weighted by Crippen LogP contribution is -2.30. The summed E-state index contributed by atoms with van der Waals surface area (Å²) >= 11 is 1.35. The summed E-state index contributed by atoms with van der Waals surface area (Å²) in [5.74, 6) is 0.743. The van der Waals surface area contributed by atoms with Crippen LogP contribution in [0.15, 0.2) is 94.1 Å². The van der Waals surface area contributed by atoms with E-state index in [0.29, 0.717) is 28.0 Å². The fraction of sp³-hybridized carbons (Fsp3) is 0.194. The van der Waals surface area contributed by atoms with Gasteiger partial charge in [0.15, 0.2) is 11.0 Å². The van der Waals surface area contributed by atoms with Crippen LogP contribution in [-0.2, 0) is 11.8 Å². The summed E-state index contributed by atoms with van der Waals surface area (Å²) in [4.78, 5) is 18.7. The van der Waals surface area contributed by atoms with E-state index in [-0.39, 0.29) is 23.4 Å². The molecule has 2 heterocycles. The van der Waals surface area contributed by atoms with Crippen molar-refractivity contribution in [1.82, 2.24) is 9.78 Å². The number of alkyl halides is 3. The summed E-state index contributed by atoms with van der Waals surface area (Å²) < 4.78 is 42.7. The van der Waals surface area contributed by atoms with Gasteiger partial charge < -0.3 is 10.5 Å². The maximum Gasteiger partial charge on any atom is 0.573 e. The molecule has 1 saturated heterocycles. The average Bonchev–Trinajstić information content (AvgIpc) is 3.54. The van der Waals surface area contributed by atoms with Gasteiger partial charge in [-0.1, -0.05) is 68.1 Å². The van der Waals surface area contributed by atoms with Crippen LogP contribution in [0.4, 0.5) is 24.7 Å². The molecule has 1 aromatic heterocycles. The largest absolute Gasteiger partial charge is 0.573 e. The lowest BCUT2D eigenvalue weighted by atomic mass is 10.0. The molecule has 0 radical (unpaired) electrons. The molecule has 226 valence electrons. The van der Waals surface area contributed by atoms with Crippen LogP contribution in [0.25, 0.3) is 11.3 Å². The molecule has 9 nitrogen and oxygen atoms in total. The SMILES string of the molecule is CC(C)c1ccccc1N1C(=O)CS/C1=N\N=C\c1ccc(-c2cc(/N=C(\N)c3ccc(OC(F)(F)F)cc3)n(C)n2)cc1. The zero-order valence-corrected chi connectivity index (χ0v) is 24.8. The standard InChI is InChI=1S/C31H28F3N7O2S/c1-19(2)24-6-4-5-7-26(24)41-28(42)18-44-30(41)38-36-17-20-8-10-21(11-9-20)25-16-27(40(3)39-25)37-29(35)22-12-14-23(15-13-22)43-31(32,33)34/h4-17,19H,18H2,1-3H3,(H2,35,37)/b36-17+,38-30-. The van der Waals surface area contributed by atoms with E-state index in [1.165, 1.54) is 36.0 Å². The van der Waals surface area contributed by atoms with Crippen LogP contribution in [0.5, 0.6) is 5.75 Å². The number of rotatable bonds is 8. The van der Waals surface area contributed by atoms with Crippen LogP contribution < -0.4 is 15.4 Å². The minimum atomic E-state index is -4.77. The van der Waals surface area contributed by atoms with E-state index < -0.39 is 6.36 Å². The van der Waals surface area contributed by atoms with Crippen LogP contribution in [0.1, 0.15) is 36.5 Å². The van der Waals surface area contributed by atoms with Crippen LogP contribution in [0, 0.1) is 0 Å². The molecule has 3 aromatic carbocycles. The first-order valence-corrected chi connectivity index (χ1v) is 14.5. The Bertz CT molecular complexity index is 1750. The number of amides is 1. The zero-order valence-electron chi connectivity index (χ0n) is 24.0. The number of nitrogens with zero attached hydrogens (tertiary/aromatic N) is 6. The molecule has 1 fully saturated rings. The van der Waals surface area contributed by atoms with Gasteiger partial charge in [-0.3, -0.25) is 14.4 Å². The summed E-state index contributed by atoms with van der Waals surface area (Å²) in [5.41, 5.74) is 10.7. The normalized spacial score (nSPS) is 15.2. The van der Waals surface area contributed by atoms with Gasteiger partial charge >= 0.3 is 6.36 Å². The van der Waals surface area contributed by atoms with Crippen molar-refractivity contribution in [3.05, 3.63) is 95.6 Å². The van der Waals surface area contributed by atoms with E-state index in [1.54, 1.807) is 28.9 Å². The monoisotopic (exact) mass is 619 g/mol. The lowest BCUT2D eigenvalue weighted by Gasteiger charge is -2.20. The first kappa shape index (κ1) is 30.5. The van der Waals surface area contributed by atoms with E-state index in [9.17, 15) is 18.0 Å². The molecule has 4 aromatic rings. The third-order valence-corrected chi connectivity index (χ3v) is 7.51. The Morgan fingerprint density at radius 3 is 2.45 bits per heavy atom. The topological polar surface area (TPSA) is 110 Å². The molecule has 0 atom stereocenters. The van der Waals surface area contributed by atoms with Crippen LogP contribution in [0.2, 0.25) is 0 Å². The average molecular weight is 620 g/mol. The van der Waals surface area contributed by atoms with E-state index in [1.807, 2.05) is 48.5 Å². The van der Waals surface area contributed by atoms with Crippen molar-refractivity contribution in [3.63, 3.8) is 0 Å². The van der Waals surface area contributed by atoms with Crippen LogP contribution in [0.3, 0.4) is 0 Å². The number of hydrogen-bond acceptors (Lipinski definition) is 7. The highest BCUT2D eigenvalue weighted by Gasteiger charge is 2.32. The molecule has 1 amide bonds. The summed E-state index contributed by atoms with van der Waals surface area (Å²) in [7, 11) is 1.71. The Morgan fingerprint density at radius 2 is 1.77 bits per heavy atom. The first-order chi connectivity index (χ1) is 21.0. The number of aromatic nitrogens is 2. The molecular weight excluding hydrogens is 591 g/mol. The van der Waals surface area contributed by atoms with Crippen molar-refractivity contribution in [2.45, 2.75) is 26.1 Å². The smallest absolute Gasteiger partial charge is 0.406 e. The highest BCUT2D eigenvalue weighted by atomic mass is 32.2. The Morgan fingerprint density at radius 1 is 1.07 bits per heavy atom. The van der Waals surface area contributed by atoms with E-state index in [0.717, 1.165) is 22.4 Å². The number of nitrogens with two attached hydrogens (primary N) is 1. The number of aliphatic imine (C=N–C) groups is 1. The first-order valence-electron chi connectivity index (χ1n) is 13.5. The van der Waals surface area contributed by atoms with Gasteiger partial charge in [0.2, 0.25) is 5.91 Å². The number of thioether (sulfide) groups is 1. The second-order valence-electron chi connectivity index (χ2n) is 10.1. The third-order valence-electron chi connectivity index (χ3n) is 6.60.